The number of nitrogens with one attached hydrogen (secondary N) is 1. The van der Waals surface area contributed by atoms with Gasteiger partial charge >= 0.3 is 0 Å². The molecule has 29 heavy (non-hydrogen) atoms. The normalized spacial score (nSPS) is 12.3. The average Bonchev–Trinajstić information content (AvgIpc) is 3.42. The Hall–Kier alpha value is -3.59. The predicted molar refractivity (Wildman–Crippen MR) is 108 cm³/mol. The Morgan fingerprint density at radius 2 is 2.00 bits per heavy atom. The molecule has 0 unspecified atom stereocenters. The molecule has 0 spiro atoms. The van der Waals surface area contributed by atoms with E-state index in [1.807, 2.05) is 37.3 Å². The first kappa shape index (κ1) is 17.5. The molecule has 2 aromatic carbocycles. The molecule has 0 bridgehead atoms. The van der Waals surface area contributed by atoms with Crippen LogP contribution in [0.3, 0.4) is 0 Å². The molecule has 0 fully saturated rings. The quantitative estimate of drug-likeness (QED) is 0.544. The lowest BCUT2D eigenvalue weighted by Crippen LogP contribution is -2.21. The number of hydrogen-bond donors (Lipinski definition) is 1. The van der Waals surface area contributed by atoms with Crippen LogP contribution in [0, 0.1) is 6.92 Å². The van der Waals surface area contributed by atoms with E-state index in [0.29, 0.717) is 28.2 Å². The molecule has 0 atom stereocenters. The maximum absolute atomic E-state index is 12.4. The highest BCUT2D eigenvalue weighted by Gasteiger charge is 2.19. The number of aromatic nitrogens is 3. The molecule has 1 N–H and O–H groups in total. The number of nitrogens with zero attached hydrogens (tertiary/aromatic N) is 3. The van der Waals surface area contributed by atoms with Crippen molar-refractivity contribution < 1.29 is 19.0 Å². The van der Waals surface area contributed by atoms with Crippen LogP contribution in [0.1, 0.15) is 5.69 Å². The Morgan fingerprint density at radius 1 is 1.21 bits per heavy atom. The van der Waals surface area contributed by atoms with Crippen molar-refractivity contribution >= 4 is 33.3 Å². The first-order chi connectivity index (χ1) is 14.2. The van der Waals surface area contributed by atoms with Gasteiger partial charge in [-0.3, -0.25) is 4.79 Å². The monoisotopic (exact) mass is 408 g/mol. The van der Waals surface area contributed by atoms with Crippen molar-refractivity contribution in [2.75, 3.05) is 18.7 Å². The Bertz CT molecular complexity index is 1160. The van der Waals surface area contributed by atoms with Crippen LogP contribution in [0.25, 0.3) is 15.3 Å². The van der Waals surface area contributed by atoms with Gasteiger partial charge in [0.05, 0.1) is 15.9 Å². The van der Waals surface area contributed by atoms with Crippen molar-refractivity contribution in [2.24, 2.45) is 0 Å². The summed E-state index contributed by atoms with van der Waals surface area (Å²) in [7, 11) is 0. The van der Waals surface area contributed by atoms with E-state index in [0.717, 1.165) is 15.9 Å². The number of ether oxygens (including phenoxy) is 3. The van der Waals surface area contributed by atoms with Crippen molar-refractivity contribution in [3.05, 3.63) is 54.2 Å². The Labute approximate surface area is 169 Å². The summed E-state index contributed by atoms with van der Waals surface area (Å²) in [5, 5.41) is 7.95. The van der Waals surface area contributed by atoms with Gasteiger partial charge in [0.15, 0.2) is 18.1 Å². The van der Waals surface area contributed by atoms with E-state index >= 15 is 0 Å². The molecule has 1 aliphatic rings. The highest BCUT2D eigenvalue weighted by Crippen LogP contribution is 2.38. The topological polar surface area (TPSA) is 87.5 Å². The summed E-state index contributed by atoms with van der Waals surface area (Å²) in [5.74, 6) is 2.27. The van der Waals surface area contributed by atoms with E-state index in [-0.39, 0.29) is 19.3 Å². The molecule has 0 radical (unpaired) electrons. The molecule has 1 amide bonds. The third kappa shape index (κ3) is 3.47. The number of carbonyl (C=O) groups excluding carboxylic acids is 1. The van der Waals surface area contributed by atoms with Gasteiger partial charge in [0.1, 0.15) is 11.6 Å². The molecule has 146 valence electrons. The summed E-state index contributed by atoms with van der Waals surface area (Å²) in [5.41, 5.74) is 1.55. The van der Waals surface area contributed by atoms with Crippen LogP contribution in [0.2, 0.25) is 0 Å². The van der Waals surface area contributed by atoms with Gasteiger partial charge in [-0.05, 0) is 19.1 Å². The zero-order valence-electron chi connectivity index (χ0n) is 15.4. The van der Waals surface area contributed by atoms with Gasteiger partial charge in [-0.1, -0.05) is 29.5 Å². The van der Waals surface area contributed by atoms with Gasteiger partial charge in [0.2, 0.25) is 11.9 Å². The van der Waals surface area contributed by atoms with E-state index in [1.165, 1.54) is 11.3 Å². The molecule has 4 aromatic rings. The van der Waals surface area contributed by atoms with Gasteiger partial charge in [-0.15, -0.1) is 0 Å². The number of carbonyl (C=O) groups is 1. The van der Waals surface area contributed by atoms with Gasteiger partial charge in [0.25, 0.3) is 5.91 Å². The first-order valence-electron chi connectivity index (χ1n) is 8.91. The van der Waals surface area contributed by atoms with Crippen molar-refractivity contribution in [1.29, 1.82) is 0 Å². The fraction of sp³-hybridized carbons (Fsp3) is 0.150. The molecule has 2 aromatic heterocycles. The largest absolute Gasteiger partial charge is 0.484 e. The lowest BCUT2D eigenvalue weighted by atomic mass is 10.3. The maximum Gasteiger partial charge on any atom is 0.263 e. The molecular formula is C20H16N4O4S. The summed E-state index contributed by atoms with van der Waals surface area (Å²) in [6, 6.07) is 14.7. The standard InChI is InChI=1S/C20H16N4O4S/c1-12-7-18(22-19(25)10-26-13-5-3-2-4-6-13)24(23-12)20-21-14-8-15-16(28-11-27-15)9-17(14)29-20/h2-9H,10-11H2,1H3,(H,22,25). The van der Waals surface area contributed by atoms with E-state index in [4.69, 9.17) is 14.2 Å². The fourth-order valence-corrected chi connectivity index (χ4v) is 3.92. The summed E-state index contributed by atoms with van der Waals surface area (Å²) < 4.78 is 18.9. The highest BCUT2D eigenvalue weighted by atomic mass is 32.1. The third-order valence-electron chi connectivity index (χ3n) is 4.26. The van der Waals surface area contributed by atoms with E-state index < -0.39 is 0 Å². The molecule has 0 aliphatic carbocycles. The van der Waals surface area contributed by atoms with Crippen LogP contribution in [0.15, 0.2) is 48.5 Å². The zero-order chi connectivity index (χ0) is 19.8. The lowest BCUT2D eigenvalue weighted by molar-refractivity contribution is -0.118. The summed E-state index contributed by atoms with van der Waals surface area (Å²) in [6.45, 7) is 1.98. The van der Waals surface area contributed by atoms with Gasteiger partial charge in [-0.25, -0.2) is 4.98 Å². The summed E-state index contributed by atoms with van der Waals surface area (Å²) in [6.07, 6.45) is 0. The number of rotatable bonds is 5. The maximum atomic E-state index is 12.4. The number of hydrogen-bond acceptors (Lipinski definition) is 7. The highest BCUT2D eigenvalue weighted by molar-refractivity contribution is 7.20. The summed E-state index contributed by atoms with van der Waals surface area (Å²) >= 11 is 1.45. The third-order valence-corrected chi connectivity index (χ3v) is 5.26. The van der Waals surface area contributed by atoms with Crippen molar-refractivity contribution in [3.8, 4) is 22.4 Å². The Kier molecular flexibility index (Phi) is 4.28. The minimum absolute atomic E-state index is 0.102. The minimum Gasteiger partial charge on any atom is -0.484 e. The molecule has 0 saturated carbocycles. The van der Waals surface area contributed by atoms with Crippen LogP contribution >= 0.6 is 11.3 Å². The van der Waals surface area contributed by atoms with Crippen LogP contribution in [-0.4, -0.2) is 34.1 Å². The minimum atomic E-state index is -0.281. The lowest BCUT2D eigenvalue weighted by Gasteiger charge is -2.08. The molecule has 9 heteroatoms. The van der Waals surface area contributed by atoms with Crippen LogP contribution < -0.4 is 19.5 Å². The molecule has 0 saturated heterocycles. The molecule has 8 nitrogen and oxygen atoms in total. The van der Waals surface area contributed by atoms with Gasteiger partial charge < -0.3 is 19.5 Å². The fourth-order valence-electron chi connectivity index (χ4n) is 2.98. The second-order valence-corrected chi connectivity index (χ2v) is 7.41. The zero-order valence-corrected chi connectivity index (χ0v) is 16.2. The number of aryl methyl sites for hydroxylation is 1. The van der Waals surface area contributed by atoms with Crippen molar-refractivity contribution in [1.82, 2.24) is 14.8 Å². The molecule has 1 aliphatic heterocycles. The number of amides is 1. The molecule has 5 rings (SSSR count). The molecular weight excluding hydrogens is 392 g/mol. The second-order valence-electron chi connectivity index (χ2n) is 6.40. The molecule has 3 heterocycles. The van der Waals surface area contributed by atoms with Crippen molar-refractivity contribution in [2.45, 2.75) is 6.92 Å². The SMILES string of the molecule is Cc1cc(NC(=O)COc2ccccc2)n(-c2nc3cc4c(cc3s2)OCO4)n1. The van der Waals surface area contributed by atoms with Crippen LogP contribution in [0.5, 0.6) is 17.2 Å². The van der Waals surface area contributed by atoms with E-state index in [9.17, 15) is 4.79 Å². The number of benzene rings is 2. The van der Waals surface area contributed by atoms with Crippen LogP contribution in [0.4, 0.5) is 5.82 Å². The summed E-state index contributed by atoms with van der Waals surface area (Å²) in [4.78, 5) is 17.0. The Balaban J connectivity index is 1.38. The Morgan fingerprint density at radius 3 is 2.83 bits per heavy atom. The van der Waals surface area contributed by atoms with E-state index in [2.05, 4.69) is 15.4 Å². The average molecular weight is 408 g/mol. The first-order valence-corrected chi connectivity index (χ1v) is 9.72. The smallest absolute Gasteiger partial charge is 0.263 e. The van der Waals surface area contributed by atoms with Crippen LogP contribution in [-0.2, 0) is 4.79 Å². The van der Waals surface area contributed by atoms with Gasteiger partial charge in [0, 0.05) is 18.2 Å². The number of thiazole rings is 1. The number of anilines is 1. The number of para-hydroxylation sites is 1. The predicted octanol–water partition coefficient (Wildman–Crippen LogP) is 3.54. The van der Waals surface area contributed by atoms with Gasteiger partial charge in [-0.2, -0.15) is 9.78 Å². The van der Waals surface area contributed by atoms with E-state index in [1.54, 1.807) is 22.9 Å². The van der Waals surface area contributed by atoms with Crippen molar-refractivity contribution in [3.63, 3.8) is 0 Å². The second kappa shape index (κ2) is 7.10. The number of fused-ring (bicyclic) bond motifs is 2.